The highest BCUT2D eigenvalue weighted by Gasteiger charge is 2.62. The maximum Gasteiger partial charge on any atom is 0.243 e. The van der Waals surface area contributed by atoms with E-state index in [1.54, 1.807) is 24.3 Å². The van der Waals surface area contributed by atoms with E-state index in [-0.39, 0.29) is 22.6 Å². The van der Waals surface area contributed by atoms with Crippen LogP contribution in [-0.4, -0.2) is 31.6 Å². The SMILES string of the molecule is CC1=C2C(=C(C(=O)c3ccc(Br)cc3)C23CC3)CN(S(=O)(=O)c2ccc(Br)cc2)C1. The van der Waals surface area contributed by atoms with Crippen molar-refractivity contribution >= 4 is 47.7 Å². The number of fused-ring (bicyclic) bond motifs is 2. The van der Waals surface area contributed by atoms with E-state index in [0.29, 0.717) is 12.1 Å². The minimum absolute atomic E-state index is 0.0226. The van der Waals surface area contributed by atoms with Gasteiger partial charge in [-0.05, 0) is 79.4 Å². The summed E-state index contributed by atoms with van der Waals surface area (Å²) in [5, 5.41) is 0. The average molecular weight is 549 g/mol. The molecule has 1 saturated carbocycles. The molecule has 0 saturated heterocycles. The van der Waals surface area contributed by atoms with Crippen LogP contribution in [0.2, 0.25) is 0 Å². The van der Waals surface area contributed by atoms with Crippen LogP contribution in [0.25, 0.3) is 0 Å². The lowest BCUT2D eigenvalue weighted by Crippen LogP contribution is -2.45. The van der Waals surface area contributed by atoms with E-state index in [2.05, 4.69) is 31.9 Å². The summed E-state index contributed by atoms with van der Waals surface area (Å²) in [4.78, 5) is 13.6. The van der Waals surface area contributed by atoms with Crippen molar-refractivity contribution in [3.8, 4) is 0 Å². The molecule has 3 aliphatic rings. The van der Waals surface area contributed by atoms with Crippen molar-refractivity contribution < 1.29 is 13.2 Å². The molecule has 2 aliphatic carbocycles. The number of halogens is 2. The zero-order valence-electron chi connectivity index (χ0n) is 16.3. The Balaban J connectivity index is 1.54. The Morgan fingerprint density at radius 2 is 1.50 bits per heavy atom. The molecule has 1 aliphatic heterocycles. The van der Waals surface area contributed by atoms with Crippen LogP contribution in [0.15, 0.2) is 84.7 Å². The van der Waals surface area contributed by atoms with Gasteiger partial charge in [0.25, 0.3) is 0 Å². The summed E-state index contributed by atoms with van der Waals surface area (Å²) in [6.45, 7) is 2.63. The predicted molar refractivity (Wildman–Crippen MR) is 123 cm³/mol. The smallest absolute Gasteiger partial charge is 0.243 e. The summed E-state index contributed by atoms with van der Waals surface area (Å²) >= 11 is 6.76. The molecule has 0 N–H and O–H groups in total. The number of nitrogens with zero attached hydrogens (tertiary/aromatic N) is 1. The monoisotopic (exact) mass is 547 g/mol. The average Bonchev–Trinajstić information content (AvgIpc) is 3.51. The fourth-order valence-corrected chi connectivity index (χ4v) is 6.79. The Hall–Kier alpha value is -1.54. The third kappa shape index (κ3) is 3.01. The van der Waals surface area contributed by atoms with Crippen LogP contribution in [0, 0.1) is 5.41 Å². The van der Waals surface area contributed by atoms with Crippen LogP contribution < -0.4 is 0 Å². The number of sulfonamides is 1. The molecule has 154 valence electrons. The van der Waals surface area contributed by atoms with Gasteiger partial charge in [0, 0.05) is 38.6 Å². The maximum atomic E-state index is 13.4. The molecule has 1 heterocycles. The summed E-state index contributed by atoms with van der Waals surface area (Å²) in [7, 11) is -3.64. The summed E-state index contributed by atoms with van der Waals surface area (Å²) in [5.41, 5.74) is 4.51. The van der Waals surface area contributed by atoms with Crippen LogP contribution in [-0.2, 0) is 10.0 Å². The summed E-state index contributed by atoms with van der Waals surface area (Å²) in [6, 6.07) is 14.1. The van der Waals surface area contributed by atoms with Gasteiger partial charge in [0.1, 0.15) is 0 Å². The standard InChI is InChI=1S/C23H19Br2NO3S/c1-14-12-26(30(28,29)18-8-6-17(25)7-9-18)13-19-20(14)23(10-11-23)21(19)22(27)15-2-4-16(24)5-3-15/h2-9H,10-13H2,1H3. The van der Waals surface area contributed by atoms with Gasteiger partial charge in [-0.3, -0.25) is 4.79 Å². The lowest BCUT2D eigenvalue weighted by molar-refractivity contribution is 0.101. The molecule has 1 fully saturated rings. The number of allylic oxidation sites excluding steroid dienone is 1. The first-order chi connectivity index (χ1) is 14.2. The molecule has 0 unspecified atom stereocenters. The largest absolute Gasteiger partial charge is 0.289 e. The number of carbonyl (C=O) groups is 1. The molecule has 0 bridgehead atoms. The molecule has 4 nitrogen and oxygen atoms in total. The Bertz CT molecular complexity index is 1240. The number of rotatable bonds is 4. The Kier molecular flexibility index (Phi) is 4.74. The van der Waals surface area contributed by atoms with Crippen molar-refractivity contribution in [2.75, 3.05) is 13.1 Å². The summed E-state index contributed by atoms with van der Waals surface area (Å²) < 4.78 is 29.8. The Morgan fingerprint density at radius 3 is 2.07 bits per heavy atom. The normalized spacial score (nSPS) is 20.2. The molecule has 5 rings (SSSR count). The van der Waals surface area contributed by atoms with E-state index < -0.39 is 10.0 Å². The topological polar surface area (TPSA) is 54.5 Å². The summed E-state index contributed by atoms with van der Waals surface area (Å²) in [5.74, 6) is 0.0226. The van der Waals surface area contributed by atoms with E-state index in [1.165, 1.54) is 9.88 Å². The number of carbonyl (C=O) groups excluding carboxylic acids is 1. The Morgan fingerprint density at radius 1 is 0.933 bits per heavy atom. The third-order valence-electron chi connectivity index (χ3n) is 6.27. The highest BCUT2D eigenvalue weighted by molar-refractivity contribution is 9.10. The van der Waals surface area contributed by atoms with Crippen LogP contribution in [0.3, 0.4) is 0 Å². The van der Waals surface area contributed by atoms with E-state index in [0.717, 1.165) is 38.5 Å². The van der Waals surface area contributed by atoms with E-state index in [1.807, 2.05) is 31.2 Å². The van der Waals surface area contributed by atoms with E-state index in [4.69, 9.17) is 0 Å². The fraction of sp³-hybridized carbons (Fsp3) is 0.261. The molecule has 0 radical (unpaired) electrons. The molecule has 2 aromatic rings. The van der Waals surface area contributed by atoms with Crippen molar-refractivity contribution in [1.29, 1.82) is 0 Å². The molecule has 1 spiro atoms. The van der Waals surface area contributed by atoms with Gasteiger partial charge >= 0.3 is 0 Å². The number of Topliss-reactive ketones (excluding diaryl/α,β-unsaturated/α-hetero) is 1. The highest BCUT2D eigenvalue weighted by Crippen LogP contribution is 2.69. The van der Waals surface area contributed by atoms with Gasteiger partial charge in [0.15, 0.2) is 5.78 Å². The van der Waals surface area contributed by atoms with Gasteiger partial charge in [0.05, 0.1) is 4.90 Å². The molecular weight excluding hydrogens is 530 g/mol. The van der Waals surface area contributed by atoms with Gasteiger partial charge in [-0.15, -0.1) is 0 Å². The van der Waals surface area contributed by atoms with Crippen molar-refractivity contribution in [2.45, 2.75) is 24.7 Å². The second-order valence-electron chi connectivity index (χ2n) is 8.15. The number of hydrogen-bond donors (Lipinski definition) is 0. The van der Waals surface area contributed by atoms with Crippen molar-refractivity contribution in [2.24, 2.45) is 5.41 Å². The van der Waals surface area contributed by atoms with Crippen LogP contribution >= 0.6 is 31.9 Å². The molecule has 0 aromatic heterocycles. The molecule has 30 heavy (non-hydrogen) atoms. The zero-order valence-corrected chi connectivity index (χ0v) is 20.3. The highest BCUT2D eigenvalue weighted by atomic mass is 79.9. The molecule has 0 atom stereocenters. The lowest BCUT2D eigenvalue weighted by atomic mass is 9.64. The molecule has 0 amide bonds. The number of ketones is 1. The van der Waals surface area contributed by atoms with Crippen molar-refractivity contribution in [3.63, 3.8) is 0 Å². The predicted octanol–water partition coefficient (Wildman–Crippen LogP) is 5.51. The minimum atomic E-state index is -3.64. The van der Waals surface area contributed by atoms with E-state index in [9.17, 15) is 13.2 Å². The quantitative estimate of drug-likeness (QED) is 0.474. The van der Waals surface area contributed by atoms with Gasteiger partial charge in [0.2, 0.25) is 10.0 Å². The fourth-order valence-electron chi connectivity index (χ4n) is 4.82. The minimum Gasteiger partial charge on any atom is -0.289 e. The van der Waals surface area contributed by atoms with Gasteiger partial charge < -0.3 is 0 Å². The van der Waals surface area contributed by atoms with Crippen molar-refractivity contribution in [3.05, 3.63) is 85.3 Å². The molecular formula is C23H19Br2NO3S. The van der Waals surface area contributed by atoms with Crippen LogP contribution in [0.4, 0.5) is 0 Å². The van der Waals surface area contributed by atoms with Crippen molar-refractivity contribution in [1.82, 2.24) is 4.31 Å². The van der Waals surface area contributed by atoms with Crippen LogP contribution in [0.1, 0.15) is 30.1 Å². The first kappa shape index (κ1) is 20.4. The lowest BCUT2D eigenvalue weighted by Gasteiger charge is -2.44. The van der Waals surface area contributed by atoms with Gasteiger partial charge in [-0.2, -0.15) is 4.31 Å². The molecule has 2 aromatic carbocycles. The van der Waals surface area contributed by atoms with Crippen LogP contribution in [0.5, 0.6) is 0 Å². The number of hydrogen-bond acceptors (Lipinski definition) is 3. The second kappa shape index (κ2) is 6.99. The zero-order chi connectivity index (χ0) is 21.3. The Labute approximate surface area is 193 Å². The molecule has 7 heteroatoms. The second-order valence-corrected chi connectivity index (χ2v) is 11.9. The first-order valence-corrected chi connectivity index (χ1v) is 12.8. The summed E-state index contributed by atoms with van der Waals surface area (Å²) in [6.07, 6.45) is 1.94. The first-order valence-electron chi connectivity index (χ1n) is 9.74. The van der Waals surface area contributed by atoms with E-state index >= 15 is 0 Å². The van der Waals surface area contributed by atoms with Gasteiger partial charge in [-0.1, -0.05) is 37.4 Å². The number of benzene rings is 2. The van der Waals surface area contributed by atoms with Gasteiger partial charge in [-0.25, -0.2) is 8.42 Å². The maximum absolute atomic E-state index is 13.4. The third-order valence-corrected chi connectivity index (χ3v) is 9.13.